The number of hydrogen-bond acceptors (Lipinski definition) is 6. The van der Waals surface area contributed by atoms with E-state index in [0.717, 1.165) is 0 Å². The first kappa shape index (κ1) is 21.7. The van der Waals surface area contributed by atoms with Gasteiger partial charge in [0.15, 0.2) is 0 Å². The number of amides is 1. The van der Waals surface area contributed by atoms with E-state index in [-0.39, 0.29) is 28.1 Å². The van der Waals surface area contributed by atoms with Crippen molar-refractivity contribution >= 4 is 34.3 Å². The lowest BCUT2D eigenvalue weighted by Crippen LogP contribution is -2.29. The molecule has 0 atom stereocenters. The van der Waals surface area contributed by atoms with Crippen molar-refractivity contribution in [2.24, 2.45) is 5.92 Å². The third-order valence-corrected chi connectivity index (χ3v) is 5.05. The number of carbonyl (C=O) groups excluding carboxylic acids is 1. The number of furan rings is 1. The van der Waals surface area contributed by atoms with Gasteiger partial charge in [-0.05, 0) is 18.9 Å². The van der Waals surface area contributed by atoms with E-state index in [1.807, 2.05) is 13.8 Å². The van der Waals surface area contributed by atoms with E-state index < -0.39 is 5.91 Å². The molecule has 0 fully saturated rings. The quantitative estimate of drug-likeness (QED) is 0.586. The van der Waals surface area contributed by atoms with Crippen LogP contribution in [0.4, 0.5) is 5.69 Å². The van der Waals surface area contributed by atoms with Gasteiger partial charge in [0.25, 0.3) is 11.5 Å². The van der Waals surface area contributed by atoms with Crippen LogP contribution in [0.5, 0.6) is 11.5 Å². The molecule has 0 bridgehead atoms. The number of benzene rings is 1. The van der Waals surface area contributed by atoms with Crippen molar-refractivity contribution in [2.75, 3.05) is 26.2 Å². The summed E-state index contributed by atoms with van der Waals surface area (Å²) in [6, 6.07) is 3.17. The Labute approximate surface area is 179 Å². The van der Waals surface area contributed by atoms with Crippen LogP contribution in [0.25, 0.3) is 11.1 Å². The second-order valence-corrected chi connectivity index (χ2v) is 7.74. The lowest BCUT2D eigenvalue weighted by Gasteiger charge is -2.21. The molecule has 0 radical (unpaired) electrons. The van der Waals surface area contributed by atoms with Crippen LogP contribution in [0.1, 0.15) is 30.0 Å². The number of hydrogen-bond donors (Lipinski definition) is 0. The molecule has 0 aliphatic rings. The second-order valence-electron chi connectivity index (χ2n) is 7.33. The van der Waals surface area contributed by atoms with Gasteiger partial charge < -0.3 is 18.8 Å². The smallest absolute Gasteiger partial charge is 0.265 e. The van der Waals surface area contributed by atoms with Gasteiger partial charge in [-0.1, -0.05) is 25.4 Å². The van der Waals surface area contributed by atoms with Crippen LogP contribution < -0.4 is 19.9 Å². The number of anilines is 1. The molecule has 0 N–H and O–H groups in total. The predicted molar refractivity (Wildman–Crippen MR) is 115 cm³/mol. The fraction of sp³-hybridized carbons (Fsp3) is 0.381. The van der Waals surface area contributed by atoms with Crippen molar-refractivity contribution in [2.45, 2.75) is 27.3 Å². The highest BCUT2D eigenvalue weighted by atomic mass is 35.5. The third kappa shape index (κ3) is 3.75. The number of aromatic nitrogens is 2. The summed E-state index contributed by atoms with van der Waals surface area (Å²) in [6.07, 6.45) is 1.44. The van der Waals surface area contributed by atoms with E-state index in [9.17, 15) is 9.59 Å². The molecule has 0 saturated heterocycles. The van der Waals surface area contributed by atoms with E-state index in [2.05, 4.69) is 4.98 Å². The Kier molecular flexibility index (Phi) is 6.07. The number of nitrogens with zero attached hydrogens (tertiary/aromatic N) is 3. The topological polar surface area (TPSA) is 86.8 Å². The summed E-state index contributed by atoms with van der Waals surface area (Å²) in [4.78, 5) is 32.1. The summed E-state index contributed by atoms with van der Waals surface area (Å²) >= 11 is 6.25. The molecule has 8 nitrogen and oxygen atoms in total. The van der Waals surface area contributed by atoms with Crippen molar-refractivity contribution < 1.29 is 18.7 Å². The van der Waals surface area contributed by atoms with Crippen molar-refractivity contribution in [3.8, 4) is 11.5 Å². The van der Waals surface area contributed by atoms with Gasteiger partial charge in [0, 0.05) is 19.7 Å². The van der Waals surface area contributed by atoms with Gasteiger partial charge in [0.1, 0.15) is 29.0 Å². The average Bonchev–Trinajstić information content (AvgIpc) is 3.05. The van der Waals surface area contributed by atoms with Crippen molar-refractivity contribution in [3.63, 3.8) is 0 Å². The molecule has 3 rings (SSSR count). The van der Waals surface area contributed by atoms with E-state index in [4.69, 9.17) is 25.5 Å². The summed E-state index contributed by atoms with van der Waals surface area (Å²) in [7, 11) is 4.55. The Hall–Kier alpha value is -3.00. The normalized spacial score (nSPS) is 11.2. The average molecular weight is 434 g/mol. The highest BCUT2D eigenvalue weighted by molar-refractivity contribution is 6.32. The summed E-state index contributed by atoms with van der Waals surface area (Å²) in [5.74, 6) is 0.929. The molecule has 0 aliphatic heterocycles. The van der Waals surface area contributed by atoms with E-state index in [0.29, 0.717) is 34.5 Å². The number of rotatable bonds is 6. The summed E-state index contributed by atoms with van der Waals surface area (Å²) in [5, 5.41) is 0.480. The Balaban J connectivity index is 2.14. The van der Waals surface area contributed by atoms with E-state index in [1.165, 1.54) is 30.0 Å². The first-order chi connectivity index (χ1) is 14.2. The Morgan fingerprint density at radius 1 is 1.27 bits per heavy atom. The summed E-state index contributed by atoms with van der Waals surface area (Å²) in [6.45, 7) is 6.11. The van der Waals surface area contributed by atoms with Gasteiger partial charge in [-0.15, -0.1) is 0 Å². The van der Waals surface area contributed by atoms with Crippen molar-refractivity contribution in [3.05, 3.63) is 45.2 Å². The molecule has 3 aromatic rings. The number of aryl methyl sites for hydroxylation is 1. The minimum Gasteiger partial charge on any atom is -0.495 e. The lowest BCUT2D eigenvalue weighted by atomic mass is 10.1. The van der Waals surface area contributed by atoms with Gasteiger partial charge in [-0.25, -0.2) is 4.98 Å². The SMILES string of the molecule is COc1cc(OC)c(N(C)C(=O)c2c(C)oc3ncn(CC(C)C)c(=O)c23)cc1Cl. The molecule has 0 spiro atoms. The first-order valence-corrected chi connectivity index (χ1v) is 9.75. The fourth-order valence-corrected chi connectivity index (χ4v) is 3.54. The van der Waals surface area contributed by atoms with Crippen molar-refractivity contribution in [1.82, 2.24) is 9.55 Å². The maximum atomic E-state index is 13.4. The number of ether oxygens (including phenoxy) is 2. The van der Waals surface area contributed by atoms with E-state index in [1.54, 1.807) is 26.1 Å². The zero-order valence-corrected chi connectivity index (χ0v) is 18.5. The molecule has 0 aliphatic carbocycles. The highest BCUT2D eigenvalue weighted by Crippen LogP contribution is 2.38. The van der Waals surface area contributed by atoms with Crippen LogP contribution >= 0.6 is 11.6 Å². The largest absolute Gasteiger partial charge is 0.495 e. The predicted octanol–water partition coefficient (Wildman–Crippen LogP) is 3.90. The van der Waals surface area contributed by atoms with Gasteiger partial charge in [0.05, 0.1) is 30.5 Å². The third-order valence-electron chi connectivity index (χ3n) is 4.75. The molecule has 9 heteroatoms. The van der Waals surface area contributed by atoms with Gasteiger partial charge in [0.2, 0.25) is 5.71 Å². The van der Waals surface area contributed by atoms with Crippen LogP contribution in [-0.4, -0.2) is 36.7 Å². The Morgan fingerprint density at radius 2 is 1.93 bits per heavy atom. The molecule has 1 amide bonds. The molecule has 2 heterocycles. The highest BCUT2D eigenvalue weighted by Gasteiger charge is 2.28. The Morgan fingerprint density at radius 3 is 2.53 bits per heavy atom. The first-order valence-electron chi connectivity index (χ1n) is 9.37. The number of methoxy groups -OCH3 is 2. The van der Waals surface area contributed by atoms with Crippen LogP contribution in [0, 0.1) is 12.8 Å². The van der Waals surface area contributed by atoms with Gasteiger partial charge >= 0.3 is 0 Å². The Bertz CT molecular complexity index is 1170. The molecule has 2 aromatic heterocycles. The van der Waals surface area contributed by atoms with Crippen LogP contribution in [0.2, 0.25) is 5.02 Å². The standard InChI is InChI=1S/C21H24ClN3O5/c1-11(2)9-25-10-23-19-18(21(25)27)17(12(3)30-19)20(26)24(4)14-7-13(22)15(28-5)8-16(14)29-6/h7-8,10-11H,9H2,1-6H3. The lowest BCUT2D eigenvalue weighted by molar-refractivity contribution is 0.0992. The minimum atomic E-state index is -0.438. The zero-order valence-electron chi connectivity index (χ0n) is 17.8. The summed E-state index contributed by atoms with van der Waals surface area (Å²) < 4.78 is 17.7. The molecule has 0 saturated carbocycles. The van der Waals surface area contributed by atoms with Gasteiger partial charge in [-0.2, -0.15) is 0 Å². The molecular formula is C21H24ClN3O5. The summed E-state index contributed by atoms with van der Waals surface area (Å²) in [5.41, 5.74) is 0.404. The maximum Gasteiger partial charge on any atom is 0.265 e. The molecular weight excluding hydrogens is 410 g/mol. The van der Waals surface area contributed by atoms with Crippen LogP contribution in [0.15, 0.2) is 27.7 Å². The van der Waals surface area contributed by atoms with E-state index >= 15 is 0 Å². The monoisotopic (exact) mass is 433 g/mol. The molecule has 0 unspecified atom stereocenters. The molecule has 30 heavy (non-hydrogen) atoms. The second kappa shape index (κ2) is 8.39. The van der Waals surface area contributed by atoms with Crippen LogP contribution in [-0.2, 0) is 6.54 Å². The minimum absolute atomic E-state index is 0.133. The number of fused-ring (bicyclic) bond motifs is 1. The zero-order chi connectivity index (χ0) is 22.2. The number of halogens is 1. The van der Waals surface area contributed by atoms with Crippen LogP contribution in [0.3, 0.4) is 0 Å². The fourth-order valence-electron chi connectivity index (χ4n) is 3.30. The maximum absolute atomic E-state index is 13.4. The van der Waals surface area contributed by atoms with Gasteiger partial charge in [-0.3, -0.25) is 14.2 Å². The molecule has 160 valence electrons. The molecule has 1 aromatic carbocycles. The number of carbonyl (C=O) groups is 1. The van der Waals surface area contributed by atoms with Crippen molar-refractivity contribution in [1.29, 1.82) is 0 Å².